The van der Waals surface area contributed by atoms with Gasteiger partial charge in [-0.3, -0.25) is 4.79 Å². The summed E-state index contributed by atoms with van der Waals surface area (Å²) in [6.07, 6.45) is 2.87. The third-order valence-electron chi connectivity index (χ3n) is 5.19. The average Bonchev–Trinajstić information content (AvgIpc) is 3.14. The van der Waals surface area contributed by atoms with Gasteiger partial charge in [0, 0.05) is 26.2 Å². The van der Waals surface area contributed by atoms with E-state index in [4.69, 9.17) is 4.42 Å². The molecule has 0 unspecified atom stereocenters. The molecular weight excluding hydrogens is 352 g/mol. The molecule has 1 aliphatic rings. The molecule has 7 heteroatoms. The molecule has 1 fully saturated rings. The number of nitrogens with zero attached hydrogens (tertiary/aromatic N) is 2. The smallest absolute Gasteiger partial charge is 0.257 e. The van der Waals surface area contributed by atoms with Crippen molar-refractivity contribution in [3.63, 3.8) is 0 Å². The Kier molecular flexibility index (Phi) is 4.94. The molecule has 26 heavy (non-hydrogen) atoms. The van der Waals surface area contributed by atoms with Gasteiger partial charge in [-0.05, 0) is 56.0 Å². The predicted octanol–water partition coefficient (Wildman–Crippen LogP) is 2.66. The van der Waals surface area contributed by atoms with E-state index in [1.165, 1.54) is 16.8 Å². The SMILES string of the molecule is Cc1cc(C)c(C)c(S(=O)(=O)N2CCN(C(=O)c3ccoc3)CC2)c1C. The topological polar surface area (TPSA) is 70.8 Å². The van der Waals surface area contributed by atoms with Crippen LogP contribution >= 0.6 is 0 Å². The zero-order valence-corrected chi connectivity index (χ0v) is 16.4. The fourth-order valence-corrected chi connectivity index (χ4v) is 5.40. The van der Waals surface area contributed by atoms with Crippen molar-refractivity contribution < 1.29 is 17.6 Å². The van der Waals surface area contributed by atoms with E-state index in [0.29, 0.717) is 23.5 Å². The summed E-state index contributed by atoms with van der Waals surface area (Å²) in [5, 5.41) is 0. The lowest BCUT2D eigenvalue weighted by Gasteiger charge is -2.34. The zero-order valence-electron chi connectivity index (χ0n) is 15.6. The monoisotopic (exact) mass is 376 g/mol. The Labute approximate surface area is 154 Å². The number of sulfonamides is 1. The van der Waals surface area contributed by atoms with E-state index in [1.807, 2.05) is 33.8 Å². The molecule has 140 valence electrons. The van der Waals surface area contributed by atoms with Crippen molar-refractivity contribution in [1.82, 2.24) is 9.21 Å². The standard InChI is InChI=1S/C19H24N2O4S/c1-13-11-14(2)16(4)18(15(13)3)26(23,24)21-8-6-20(7-9-21)19(22)17-5-10-25-12-17/h5,10-12H,6-9H2,1-4H3. The lowest BCUT2D eigenvalue weighted by atomic mass is 10.0. The molecule has 3 rings (SSSR count). The van der Waals surface area contributed by atoms with Gasteiger partial charge >= 0.3 is 0 Å². The summed E-state index contributed by atoms with van der Waals surface area (Å²) in [5.74, 6) is -0.130. The molecule has 1 saturated heterocycles. The van der Waals surface area contributed by atoms with Crippen LogP contribution in [0.1, 0.15) is 32.6 Å². The Morgan fingerprint density at radius 2 is 1.58 bits per heavy atom. The number of benzene rings is 1. The van der Waals surface area contributed by atoms with Crippen LogP contribution in [0.5, 0.6) is 0 Å². The van der Waals surface area contributed by atoms with Crippen LogP contribution in [0.15, 0.2) is 34.0 Å². The van der Waals surface area contributed by atoms with Gasteiger partial charge in [0.05, 0.1) is 16.7 Å². The summed E-state index contributed by atoms with van der Waals surface area (Å²) in [7, 11) is -3.59. The van der Waals surface area contributed by atoms with Gasteiger partial charge in [-0.15, -0.1) is 0 Å². The zero-order chi connectivity index (χ0) is 19.1. The molecule has 1 amide bonds. The lowest BCUT2D eigenvalue weighted by Crippen LogP contribution is -2.50. The van der Waals surface area contributed by atoms with Crippen LogP contribution < -0.4 is 0 Å². The minimum atomic E-state index is -3.59. The predicted molar refractivity (Wildman–Crippen MR) is 98.8 cm³/mol. The van der Waals surface area contributed by atoms with Gasteiger partial charge in [0.15, 0.2) is 0 Å². The van der Waals surface area contributed by atoms with Gasteiger partial charge in [0.2, 0.25) is 10.0 Å². The van der Waals surface area contributed by atoms with Crippen molar-refractivity contribution in [3.8, 4) is 0 Å². The summed E-state index contributed by atoms with van der Waals surface area (Å²) in [6, 6.07) is 3.64. The maximum atomic E-state index is 13.2. The quantitative estimate of drug-likeness (QED) is 0.826. The summed E-state index contributed by atoms with van der Waals surface area (Å²) in [5.41, 5.74) is 4.03. The van der Waals surface area contributed by atoms with Crippen molar-refractivity contribution >= 4 is 15.9 Å². The fraction of sp³-hybridized carbons (Fsp3) is 0.421. The van der Waals surface area contributed by atoms with Gasteiger partial charge in [-0.25, -0.2) is 8.42 Å². The Morgan fingerprint density at radius 3 is 2.08 bits per heavy atom. The second-order valence-electron chi connectivity index (χ2n) is 6.80. The molecule has 1 aromatic heterocycles. The first-order valence-electron chi connectivity index (χ1n) is 8.62. The highest BCUT2D eigenvalue weighted by atomic mass is 32.2. The number of carbonyl (C=O) groups is 1. The van der Waals surface area contributed by atoms with Crippen LogP contribution in [-0.4, -0.2) is 49.7 Å². The van der Waals surface area contributed by atoms with E-state index in [0.717, 1.165) is 22.3 Å². The van der Waals surface area contributed by atoms with Crippen LogP contribution in [0.4, 0.5) is 0 Å². The number of hydrogen-bond acceptors (Lipinski definition) is 4. The second-order valence-corrected chi connectivity index (χ2v) is 8.67. The Bertz CT molecular complexity index is 899. The molecule has 0 saturated carbocycles. The Hall–Kier alpha value is -2.12. The average molecular weight is 376 g/mol. The number of amides is 1. The van der Waals surface area contributed by atoms with Crippen molar-refractivity contribution in [2.75, 3.05) is 26.2 Å². The number of furan rings is 1. The third kappa shape index (κ3) is 3.17. The molecule has 0 radical (unpaired) electrons. The summed E-state index contributed by atoms with van der Waals surface area (Å²) in [4.78, 5) is 14.5. The lowest BCUT2D eigenvalue weighted by molar-refractivity contribution is 0.0697. The number of hydrogen-bond donors (Lipinski definition) is 0. The minimum absolute atomic E-state index is 0.130. The summed E-state index contributed by atoms with van der Waals surface area (Å²) in [6.45, 7) is 8.89. The van der Waals surface area contributed by atoms with E-state index in [9.17, 15) is 13.2 Å². The van der Waals surface area contributed by atoms with Crippen molar-refractivity contribution in [2.45, 2.75) is 32.6 Å². The number of aryl methyl sites for hydroxylation is 2. The van der Waals surface area contributed by atoms with Crippen molar-refractivity contribution in [2.24, 2.45) is 0 Å². The first-order chi connectivity index (χ1) is 12.2. The Balaban J connectivity index is 1.82. The molecule has 2 aromatic rings. The maximum Gasteiger partial charge on any atom is 0.257 e. The van der Waals surface area contributed by atoms with Crippen molar-refractivity contribution in [3.05, 3.63) is 52.5 Å². The van der Waals surface area contributed by atoms with Crippen molar-refractivity contribution in [1.29, 1.82) is 0 Å². The maximum absolute atomic E-state index is 13.2. The third-order valence-corrected chi connectivity index (χ3v) is 7.36. The fourth-order valence-electron chi connectivity index (χ4n) is 3.40. The molecule has 6 nitrogen and oxygen atoms in total. The van der Waals surface area contributed by atoms with Crippen LogP contribution in [-0.2, 0) is 10.0 Å². The highest BCUT2D eigenvalue weighted by Crippen LogP contribution is 2.29. The largest absolute Gasteiger partial charge is 0.472 e. The van der Waals surface area contributed by atoms with Gasteiger partial charge in [-0.1, -0.05) is 6.07 Å². The molecule has 0 spiro atoms. The second kappa shape index (κ2) is 6.89. The summed E-state index contributed by atoms with van der Waals surface area (Å²) >= 11 is 0. The molecule has 0 atom stereocenters. The highest BCUT2D eigenvalue weighted by molar-refractivity contribution is 7.89. The summed E-state index contributed by atoms with van der Waals surface area (Å²) < 4.78 is 32.9. The molecular formula is C19H24N2O4S. The molecule has 0 N–H and O–H groups in total. The van der Waals surface area contributed by atoms with Crippen LogP contribution in [0.25, 0.3) is 0 Å². The van der Waals surface area contributed by atoms with Crippen LogP contribution in [0.2, 0.25) is 0 Å². The first-order valence-corrected chi connectivity index (χ1v) is 10.1. The van der Waals surface area contributed by atoms with Gasteiger partial charge < -0.3 is 9.32 Å². The van der Waals surface area contributed by atoms with E-state index in [1.54, 1.807) is 11.0 Å². The van der Waals surface area contributed by atoms with Crippen LogP contribution in [0, 0.1) is 27.7 Å². The Morgan fingerprint density at radius 1 is 1.00 bits per heavy atom. The molecule has 0 bridgehead atoms. The highest BCUT2D eigenvalue weighted by Gasteiger charge is 2.33. The normalized spacial score (nSPS) is 16.1. The van der Waals surface area contributed by atoms with Gasteiger partial charge in [0.1, 0.15) is 6.26 Å². The van der Waals surface area contributed by atoms with E-state index < -0.39 is 10.0 Å². The van der Waals surface area contributed by atoms with Crippen LogP contribution in [0.3, 0.4) is 0 Å². The van der Waals surface area contributed by atoms with Gasteiger partial charge in [-0.2, -0.15) is 4.31 Å². The van der Waals surface area contributed by atoms with E-state index >= 15 is 0 Å². The van der Waals surface area contributed by atoms with Gasteiger partial charge in [0.25, 0.3) is 5.91 Å². The minimum Gasteiger partial charge on any atom is -0.472 e. The molecule has 0 aliphatic carbocycles. The van der Waals surface area contributed by atoms with E-state index in [-0.39, 0.29) is 19.0 Å². The number of rotatable bonds is 3. The molecule has 1 aromatic carbocycles. The molecule has 1 aliphatic heterocycles. The molecule has 2 heterocycles. The van der Waals surface area contributed by atoms with E-state index in [2.05, 4.69) is 0 Å². The number of carbonyl (C=O) groups excluding carboxylic acids is 1. The number of piperazine rings is 1. The first kappa shape index (κ1) is 18.7.